The zero-order valence-corrected chi connectivity index (χ0v) is 15.7. The molecule has 1 unspecified atom stereocenters. The largest absolute Gasteiger partial charge is 0.459 e. The van der Waals surface area contributed by atoms with Gasteiger partial charge in [-0.25, -0.2) is 27.5 Å². The van der Waals surface area contributed by atoms with Crippen LogP contribution in [0.25, 0.3) is 5.69 Å². The maximum absolute atomic E-state index is 13.0. The Morgan fingerprint density at radius 2 is 1.89 bits per heavy atom. The summed E-state index contributed by atoms with van der Waals surface area (Å²) in [4.78, 5) is 7.74. The minimum absolute atomic E-state index is 0.0363. The number of benzene rings is 1. The summed E-state index contributed by atoms with van der Waals surface area (Å²) in [5.74, 6) is -0.557. The van der Waals surface area contributed by atoms with Crippen LogP contribution < -0.4 is 4.74 Å². The normalized spacial score (nSPS) is 18.1. The van der Waals surface area contributed by atoms with Gasteiger partial charge in [0.2, 0.25) is 10.0 Å². The summed E-state index contributed by atoms with van der Waals surface area (Å²) >= 11 is 0. The highest BCUT2D eigenvalue weighted by Crippen LogP contribution is 2.23. The molecule has 1 aliphatic rings. The molecule has 3 aromatic rings. The minimum atomic E-state index is -3.66. The molecule has 1 aliphatic heterocycles. The molecule has 8 nitrogen and oxygen atoms in total. The second-order valence-electron chi connectivity index (χ2n) is 6.37. The smallest absolute Gasteiger partial charge is 0.316 e. The van der Waals surface area contributed by atoms with Crippen molar-refractivity contribution < 1.29 is 17.5 Å². The molecule has 3 heterocycles. The molecule has 0 spiro atoms. The highest BCUT2D eigenvalue weighted by atomic mass is 32.2. The van der Waals surface area contributed by atoms with E-state index in [9.17, 15) is 12.8 Å². The van der Waals surface area contributed by atoms with Crippen molar-refractivity contribution in [3.05, 3.63) is 60.9 Å². The first-order chi connectivity index (χ1) is 13.5. The van der Waals surface area contributed by atoms with Crippen LogP contribution >= 0.6 is 0 Å². The van der Waals surface area contributed by atoms with Crippen LogP contribution in [0.1, 0.15) is 12.8 Å². The predicted molar refractivity (Wildman–Crippen MR) is 98.0 cm³/mol. The van der Waals surface area contributed by atoms with Crippen LogP contribution in [-0.2, 0) is 10.0 Å². The second-order valence-corrected chi connectivity index (χ2v) is 8.31. The van der Waals surface area contributed by atoms with E-state index in [1.165, 1.54) is 4.31 Å². The molecule has 10 heteroatoms. The third-order valence-corrected chi connectivity index (χ3v) is 6.33. The number of nitrogens with zero attached hydrogens (tertiary/aromatic N) is 5. The number of sulfonamides is 1. The van der Waals surface area contributed by atoms with E-state index in [0.717, 1.165) is 18.1 Å². The predicted octanol–water partition coefficient (Wildman–Crippen LogP) is 2.03. The summed E-state index contributed by atoms with van der Waals surface area (Å²) in [7, 11) is -3.66. The van der Waals surface area contributed by atoms with Crippen molar-refractivity contribution in [2.75, 3.05) is 13.1 Å². The molecule has 4 rings (SSSR count). The Hall–Kier alpha value is -2.85. The molecular formula is C18H18FN5O3S. The van der Waals surface area contributed by atoms with E-state index in [1.807, 2.05) is 0 Å². The Bertz CT molecular complexity index is 1020. The fourth-order valence-electron chi connectivity index (χ4n) is 3.07. The quantitative estimate of drug-likeness (QED) is 0.648. The van der Waals surface area contributed by atoms with Crippen molar-refractivity contribution in [2.24, 2.45) is 0 Å². The van der Waals surface area contributed by atoms with Gasteiger partial charge in [0.1, 0.15) is 6.10 Å². The summed E-state index contributed by atoms with van der Waals surface area (Å²) in [6.07, 6.45) is 6.40. The first kappa shape index (κ1) is 18.5. The molecule has 2 aromatic heterocycles. The van der Waals surface area contributed by atoms with Gasteiger partial charge in [-0.1, -0.05) is 0 Å². The van der Waals surface area contributed by atoms with E-state index in [0.29, 0.717) is 19.4 Å². The van der Waals surface area contributed by atoms with Gasteiger partial charge in [0, 0.05) is 18.9 Å². The molecule has 1 saturated heterocycles. The molecule has 146 valence electrons. The number of rotatable bonds is 5. The molecule has 1 atom stereocenters. The Kier molecular flexibility index (Phi) is 5.05. The second kappa shape index (κ2) is 7.64. The van der Waals surface area contributed by atoms with E-state index >= 15 is 0 Å². The lowest BCUT2D eigenvalue weighted by Crippen LogP contribution is -2.44. The minimum Gasteiger partial charge on any atom is -0.459 e. The summed E-state index contributed by atoms with van der Waals surface area (Å²) in [5.41, 5.74) is 0.775. The first-order valence-electron chi connectivity index (χ1n) is 8.77. The lowest BCUT2D eigenvalue weighted by Gasteiger charge is -2.31. The average molecular weight is 403 g/mol. The fraction of sp³-hybridized carbons (Fsp3) is 0.278. The molecule has 0 amide bonds. The molecule has 0 aliphatic carbocycles. The van der Waals surface area contributed by atoms with Crippen LogP contribution in [0.15, 0.2) is 60.0 Å². The molecule has 0 bridgehead atoms. The van der Waals surface area contributed by atoms with Gasteiger partial charge in [-0.05, 0) is 43.2 Å². The van der Waals surface area contributed by atoms with Gasteiger partial charge < -0.3 is 4.74 Å². The Morgan fingerprint density at radius 1 is 1.14 bits per heavy atom. The van der Waals surface area contributed by atoms with Crippen LogP contribution in [0.3, 0.4) is 0 Å². The van der Waals surface area contributed by atoms with Gasteiger partial charge in [-0.2, -0.15) is 9.40 Å². The van der Waals surface area contributed by atoms with Gasteiger partial charge in [-0.15, -0.1) is 0 Å². The Morgan fingerprint density at radius 3 is 2.57 bits per heavy atom. The van der Waals surface area contributed by atoms with Gasteiger partial charge in [0.25, 0.3) is 0 Å². The first-order valence-corrected chi connectivity index (χ1v) is 10.2. The maximum atomic E-state index is 13.0. The van der Waals surface area contributed by atoms with E-state index < -0.39 is 21.9 Å². The monoisotopic (exact) mass is 403 g/mol. The highest BCUT2D eigenvalue weighted by molar-refractivity contribution is 7.89. The molecule has 1 fully saturated rings. The SMILES string of the molecule is O=S(=O)(c1ccc(-n2cccn2)cc1)N1CCCC(Oc2ncc(F)cn2)C1. The number of ether oxygens (including phenoxy) is 1. The number of aromatic nitrogens is 4. The van der Waals surface area contributed by atoms with E-state index in [2.05, 4.69) is 15.1 Å². The van der Waals surface area contributed by atoms with E-state index in [4.69, 9.17) is 4.74 Å². The van der Waals surface area contributed by atoms with E-state index in [-0.39, 0.29) is 17.5 Å². The van der Waals surface area contributed by atoms with Crippen molar-refractivity contribution in [1.82, 2.24) is 24.1 Å². The van der Waals surface area contributed by atoms with Gasteiger partial charge in [-0.3, -0.25) is 0 Å². The number of hydrogen-bond acceptors (Lipinski definition) is 6. The average Bonchev–Trinajstić information content (AvgIpc) is 3.25. The van der Waals surface area contributed by atoms with Gasteiger partial charge in [0.15, 0.2) is 5.82 Å². The Labute approximate surface area is 161 Å². The molecule has 0 saturated carbocycles. The summed E-state index contributed by atoms with van der Waals surface area (Å²) in [5, 5.41) is 4.13. The van der Waals surface area contributed by atoms with Gasteiger partial charge in [0.05, 0.1) is 29.5 Å². The van der Waals surface area contributed by atoms with Crippen molar-refractivity contribution in [2.45, 2.75) is 23.8 Å². The topological polar surface area (TPSA) is 90.2 Å². The third-order valence-electron chi connectivity index (χ3n) is 4.45. The van der Waals surface area contributed by atoms with Crippen LogP contribution in [0.2, 0.25) is 0 Å². The maximum Gasteiger partial charge on any atom is 0.316 e. The molecule has 1 aromatic carbocycles. The lowest BCUT2D eigenvalue weighted by molar-refractivity contribution is 0.119. The number of hydrogen-bond donors (Lipinski definition) is 0. The molecule has 0 radical (unpaired) electrons. The van der Waals surface area contributed by atoms with Gasteiger partial charge >= 0.3 is 6.01 Å². The zero-order valence-electron chi connectivity index (χ0n) is 14.8. The van der Waals surface area contributed by atoms with Crippen LogP contribution in [0.5, 0.6) is 6.01 Å². The Balaban J connectivity index is 1.48. The van der Waals surface area contributed by atoms with Crippen molar-refractivity contribution in [3.63, 3.8) is 0 Å². The standard InChI is InChI=1S/C18H18FN5O3S/c19-14-11-20-18(21-12-14)27-16-3-1-9-23(13-16)28(25,26)17-6-4-15(5-7-17)24-10-2-8-22-24/h2,4-8,10-12,16H,1,3,9,13H2. The van der Waals surface area contributed by atoms with E-state index in [1.54, 1.807) is 47.4 Å². The van der Waals surface area contributed by atoms with Crippen LogP contribution in [0.4, 0.5) is 4.39 Å². The summed E-state index contributed by atoms with van der Waals surface area (Å²) in [6.45, 7) is 0.595. The number of halogens is 1. The number of piperidine rings is 1. The van der Waals surface area contributed by atoms with Crippen molar-refractivity contribution >= 4 is 10.0 Å². The lowest BCUT2D eigenvalue weighted by atomic mass is 10.1. The molecule has 28 heavy (non-hydrogen) atoms. The van der Waals surface area contributed by atoms with Crippen LogP contribution in [0, 0.1) is 5.82 Å². The van der Waals surface area contributed by atoms with Crippen LogP contribution in [-0.4, -0.2) is 51.7 Å². The fourth-order valence-corrected chi connectivity index (χ4v) is 4.58. The third kappa shape index (κ3) is 3.87. The summed E-state index contributed by atoms with van der Waals surface area (Å²) < 4.78 is 47.6. The highest BCUT2D eigenvalue weighted by Gasteiger charge is 2.31. The molecule has 0 N–H and O–H groups in total. The van der Waals surface area contributed by atoms with Crippen molar-refractivity contribution in [3.8, 4) is 11.7 Å². The zero-order chi connectivity index (χ0) is 19.6. The van der Waals surface area contributed by atoms with Crippen molar-refractivity contribution in [1.29, 1.82) is 0 Å². The molecular weight excluding hydrogens is 385 g/mol. The summed E-state index contributed by atoms with van der Waals surface area (Å²) in [6, 6.07) is 8.39.